The Kier molecular flexibility index (Phi) is 5.43. The number of nitrogens with zero attached hydrogens (tertiary/aromatic N) is 5. The van der Waals surface area contributed by atoms with E-state index >= 15 is 0 Å². The topological polar surface area (TPSA) is 108 Å². The first kappa shape index (κ1) is 18.9. The second-order valence-corrected chi connectivity index (χ2v) is 6.57. The van der Waals surface area contributed by atoms with Crippen LogP contribution in [-0.4, -0.2) is 30.4 Å². The Morgan fingerprint density at radius 2 is 2.04 bits per heavy atom. The summed E-state index contributed by atoms with van der Waals surface area (Å²) in [5.74, 6) is -0.370. The molecular formula is C16H14Cl2N6O3. The summed E-state index contributed by atoms with van der Waals surface area (Å²) < 4.78 is 2.91. The standard InChI is InChI=1S/C16H14Cl2N6O3/c1-10-15(24(26)27)6-20-23(10)9-16(25)21-12-5-19-22(8-12)7-11-2-3-13(17)14(18)4-11/h2-6,8H,7,9H2,1H3,(H,21,25). The van der Waals surface area contributed by atoms with Crippen LogP contribution in [0.3, 0.4) is 0 Å². The van der Waals surface area contributed by atoms with Gasteiger partial charge < -0.3 is 5.32 Å². The van der Waals surface area contributed by atoms with Gasteiger partial charge in [-0.15, -0.1) is 0 Å². The zero-order chi connectivity index (χ0) is 19.6. The SMILES string of the molecule is Cc1c([N+](=O)[O-])cnn1CC(=O)Nc1cnn(Cc2ccc(Cl)c(Cl)c2)c1. The minimum Gasteiger partial charge on any atom is -0.322 e. The summed E-state index contributed by atoms with van der Waals surface area (Å²) in [6, 6.07) is 5.29. The van der Waals surface area contributed by atoms with Gasteiger partial charge >= 0.3 is 5.69 Å². The first-order valence-electron chi connectivity index (χ1n) is 7.76. The maximum Gasteiger partial charge on any atom is 0.309 e. The molecule has 0 aliphatic rings. The maximum absolute atomic E-state index is 12.2. The molecule has 0 aliphatic heterocycles. The van der Waals surface area contributed by atoms with Crippen molar-refractivity contribution in [2.75, 3.05) is 5.32 Å². The molecule has 3 aromatic rings. The molecule has 1 aromatic carbocycles. The smallest absolute Gasteiger partial charge is 0.309 e. The predicted molar refractivity (Wildman–Crippen MR) is 100 cm³/mol. The van der Waals surface area contributed by atoms with Gasteiger partial charge in [0, 0.05) is 6.20 Å². The lowest BCUT2D eigenvalue weighted by molar-refractivity contribution is -0.385. The van der Waals surface area contributed by atoms with Crippen LogP contribution in [0.25, 0.3) is 0 Å². The van der Waals surface area contributed by atoms with E-state index in [1.807, 2.05) is 6.07 Å². The van der Waals surface area contributed by atoms with Crippen molar-refractivity contribution in [1.29, 1.82) is 0 Å². The Morgan fingerprint density at radius 1 is 1.26 bits per heavy atom. The van der Waals surface area contributed by atoms with Gasteiger partial charge in [-0.3, -0.25) is 24.3 Å². The van der Waals surface area contributed by atoms with Crippen molar-refractivity contribution < 1.29 is 9.72 Å². The van der Waals surface area contributed by atoms with E-state index < -0.39 is 4.92 Å². The van der Waals surface area contributed by atoms with E-state index in [0.717, 1.165) is 11.8 Å². The van der Waals surface area contributed by atoms with E-state index in [-0.39, 0.29) is 18.1 Å². The van der Waals surface area contributed by atoms with Gasteiger partial charge in [-0.2, -0.15) is 10.2 Å². The molecule has 1 amide bonds. The Balaban J connectivity index is 1.62. The quantitative estimate of drug-likeness (QED) is 0.497. The Labute approximate surface area is 163 Å². The zero-order valence-corrected chi connectivity index (χ0v) is 15.6. The molecule has 140 valence electrons. The van der Waals surface area contributed by atoms with Crippen LogP contribution in [0.15, 0.2) is 36.8 Å². The van der Waals surface area contributed by atoms with Crippen LogP contribution < -0.4 is 5.32 Å². The average molecular weight is 409 g/mol. The van der Waals surface area contributed by atoms with E-state index in [1.54, 1.807) is 23.0 Å². The molecule has 0 unspecified atom stereocenters. The minimum atomic E-state index is -0.538. The lowest BCUT2D eigenvalue weighted by atomic mass is 10.2. The molecule has 11 heteroatoms. The highest BCUT2D eigenvalue weighted by Gasteiger charge is 2.18. The molecule has 9 nitrogen and oxygen atoms in total. The highest BCUT2D eigenvalue weighted by Crippen LogP contribution is 2.23. The number of carbonyl (C=O) groups excluding carboxylic acids is 1. The second kappa shape index (κ2) is 7.77. The largest absolute Gasteiger partial charge is 0.322 e. The number of nitro groups is 1. The van der Waals surface area contributed by atoms with Crippen molar-refractivity contribution in [3.8, 4) is 0 Å². The average Bonchev–Trinajstić information content (AvgIpc) is 3.18. The number of hydrogen-bond donors (Lipinski definition) is 1. The molecule has 3 rings (SSSR count). The number of carbonyl (C=O) groups is 1. The summed E-state index contributed by atoms with van der Waals surface area (Å²) >= 11 is 11.9. The fourth-order valence-corrected chi connectivity index (χ4v) is 2.77. The van der Waals surface area contributed by atoms with Crippen molar-refractivity contribution >= 4 is 40.5 Å². The molecule has 0 bridgehead atoms. The number of anilines is 1. The van der Waals surface area contributed by atoms with E-state index in [9.17, 15) is 14.9 Å². The van der Waals surface area contributed by atoms with Crippen LogP contribution in [0.4, 0.5) is 11.4 Å². The highest BCUT2D eigenvalue weighted by atomic mass is 35.5. The van der Waals surface area contributed by atoms with Crippen LogP contribution in [-0.2, 0) is 17.9 Å². The van der Waals surface area contributed by atoms with Gasteiger partial charge in [-0.05, 0) is 24.6 Å². The molecule has 0 aliphatic carbocycles. The molecule has 0 saturated heterocycles. The summed E-state index contributed by atoms with van der Waals surface area (Å²) in [6.07, 6.45) is 4.30. The number of rotatable bonds is 6. The molecule has 2 heterocycles. The Morgan fingerprint density at radius 3 is 2.70 bits per heavy atom. The molecule has 0 spiro atoms. The summed E-state index contributed by atoms with van der Waals surface area (Å²) in [6.45, 7) is 1.85. The van der Waals surface area contributed by atoms with E-state index in [2.05, 4.69) is 15.5 Å². The summed E-state index contributed by atoms with van der Waals surface area (Å²) in [5, 5.41) is 22.5. The van der Waals surface area contributed by atoms with Gasteiger partial charge in [0.05, 0.1) is 33.4 Å². The van der Waals surface area contributed by atoms with Crippen LogP contribution in [0, 0.1) is 17.0 Å². The summed E-state index contributed by atoms with van der Waals surface area (Å²) in [4.78, 5) is 22.4. The molecule has 27 heavy (non-hydrogen) atoms. The number of amides is 1. The maximum atomic E-state index is 12.2. The third kappa shape index (κ3) is 4.44. The van der Waals surface area contributed by atoms with Crippen LogP contribution in [0.2, 0.25) is 10.0 Å². The predicted octanol–water partition coefficient (Wildman–Crippen LogP) is 3.29. The van der Waals surface area contributed by atoms with E-state index in [4.69, 9.17) is 23.2 Å². The monoisotopic (exact) mass is 408 g/mol. The molecule has 0 fully saturated rings. The first-order chi connectivity index (χ1) is 12.8. The van der Waals surface area contributed by atoms with E-state index in [0.29, 0.717) is 28.0 Å². The number of hydrogen-bond acceptors (Lipinski definition) is 5. The van der Waals surface area contributed by atoms with Crippen LogP contribution >= 0.6 is 23.2 Å². The van der Waals surface area contributed by atoms with Gasteiger partial charge in [0.25, 0.3) is 0 Å². The number of halogens is 2. The third-order valence-corrected chi connectivity index (χ3v) is 4.55. The van der Waals surface area contributed by atoms with Crippen molar-refractivity contribution in [2.24, 2.45) is 0 Å². The fraction of sp³-hybridized carbons (Fsp3) is 0.188. The lowest BCUT2D eigenvalue weighted by Gasteiger charge is -2.05. The molecule has 0 radical (unpaired) electrons. The number of benzene rings is 1. The molecule has 2 aromatic heterocycles. The van der Waals surface area contributed by atoms with Gasteiger partial charge in [0.1, 0.15) is 18.4 Å². The third-order valence-electron chi connectivity index (χ3n) is 3.81. The normalized spacial score (nSPS) is 10.8. The molecule has 0 saturated carbocycles. The van der Waals surface area contributed by atoms with Gasteiger partial charge in [0.15, 0.2) is 0 Å². The second-order valence-electron chi connectivity index (χ2n) is 5.75. The highest BCUT2D eigenvalue weighted by molar-refractivity contribution is 6.42. The van der Waals surface area contributed by atoms with Crippen LogP contribution in [0.5, 0.6) is 0 Å². The Bertz CT molecular complexity index is 1010. The number of nitrogens with one attached hydrogen (secondary N) is 1. The first-order valence-corrected chi connectivity index (χ1v) is 8.52. The fourth-order valence-electron chi connectivity index (χ4n) is 2.45. The summed E-state index contributed by atoms with van der Waals surface area (Å²) in [5.41, 5.74) is 1.59. The molecular weight excluding hydrogens is 395 g/mol. The van der Waals surface area contributed by atoms with E-state index in [1.165, 1.54) is 17.8 Å². The molecule has 0 atom stereocenters. The number of aromatic nitrogens is 4. The van der Waals surface area contributed by atoms with Crippen LogP contribution in [0.1, 0.15) is 11.3 Å². The summed E-state index contributed by atoms with van der Waals surface area (Å²) in [7, 11) is 0. The lowest BCUT2D eigenvalue weighted by Crippen LogP contribution is -2.20. The van der Waals surface area contributed by atoms with Crippen molar-refractivity contribution in [1.82, 2.24) is 19.6 Å². The van der Waals surface area contributed by atoms with Crippen molar-refractivity contribution in [3.63, 3.8) is 0 Å². The Hall–Kier alpha value is -2.91. The zero-order valence-electron chi connectivity index (χ0n) is 14.1. The van der Waals surface area contributed by atoms with Gasteiger partial charge in [-0.25, -0.2) is 0 Å². The van der Waals surface area contributed by atoms with Crippen molar-refractivity contribution in [3.05, 3.63) is 68.2 Å². The van der Waals surface area contributed by atoms with Gasteiger partial charge in [0.2, 0.25) is 5.91 Å². The minimum absolute atomic E-state index is 0.128. The molecule has 1 N–H and O–H groups in total. The van der Waals surface area contributed by atoms with Crippen molar-refractivity contribution in [2.45, 2.75) is 20.0 Å². The van der Waals surface area contributed by atoms with Gasteiger partial charge in [-0.1, -0.05) is 29.3 Å².